The van der Waals surface area contributed by atoms with Crippen molar-refractivity contribution in [3.63, 3.8) is 0 Å². The highest BCUT2D eigenvalue weighted by Gasteiger charge is 2.25. The number of H-pyrrole nitrogens is 2. The van der Waals surface area contributed by atoms with Crippen molar-refractivity contribution in [2.24, 2.45) is 11.7 Å². The smallest absolute Gasteiger partial charge is 0.355 e. The van der Waals surface area contributed by atoms with Crippen molar-refractivity contribution < 1.29 is 9.53 Å². The summed E-state index contributed by atoms with van der Waals surface area (Å²) in [6.45, 7) is 12.0. The Hall–Kier alpha value is -3.73. The highest BCUT2D eigenvalue weighted by atomic mass is 16.5. The molecule has 0 fully saturated rings. The molecule has 0 aromatic carbocycles. The van der Waals surface area contributed by atoms with Gasteiger partial charge in [-0.3, -0.25) is 0 Å². The van der Waals surface area contributed by atoms with Crippen molar-refractivity contribution >= 4 is 23.7 Å². The molecule has 0 saturated heterocycles. The molecule has 0 bridgehead atoms. The molecule has 30 heavy (non-hydrogen) atoms. The molecule has 1 atom stereocenters. The number of carbonyl (C=O) groups excluding carboxylic acids is 1. The largest absolute Gasteiger partial charge is 0.464 e. The Morgan fingerprint density at radius 3 is 2.63 bits per heavy atom. The molecule has 0 amide bonds. The first-order valence-corrected chi connectivity index (χ1v) is 9.75. The number of allylic oxidation sites excluding steroid dienone is 6. The van der Waals surface area contributed by atoms with Gasteiger partial charge in [0.2, 0.25) is 0 Å². The highest BCUT2D eigenvalue weighted by molar-refractivity contribution is 6.03. The van der Waals surface area contributed by atoms with Crippen LogP contribution in [0.15, 0.2) is 67.2 Å². The molecule has 2 heterocycles. The SMILES string of the molecule is C=C/C=C(C(=C)c1c[nH]c(C(=O)OC)c1-c1c[nH]c2c1C=CC(C)C=C2)\C(N)=C/C. The molecular weight excluding hydrogens is 374 g/mol. The number of fused-ring (bicyclic) bond motifs is 1. The van der Waals surface area contributed by atoms with Gasteiger partial charge in [0.05, 0.1) is 7.11 Å². The quantitative estimate of drug-likeness (QED) is 0.444. The number of ether oxygens (including phenoxy) is 1. The van der Waals surface area contributed by atoms with Crippen LogP contribution < -0.4 is 5.73 Å². The molecule has 1 aliphatic carbocycles. The van der Waals surface area contributed by atoms with Gasteiger partial charge in [0, 0.05) is 51.6 Å². The van der Waals surface area contributed by atoms with Crippen LogP contribution >= 0.6 is 0 Å². The molecule has 4 N–H and O–H groups in total. The number of nitrogens with two attached hydrogens (primary N) is 1. The fraction of sp³-hybridized carbons (Fsp3) is 0.160. The van der Waals surface area contributed by atoms with Gasteiger partial charge in [-0.2, -0.15) is 0 Å². The number of carbonyl (C=O) groups is 1. The average Bonchev–Trinajstić information content (AvgIpc) is 3.31. The van der Waals surface area contributed by atoms with Crippen molar-refractivity contribution in [1.82, 2.24) is 9.97 Å². The first-order chi connectivity index (χ1) is 14.4. The number of nitrogens with one attached hydrogen (secondary N) is 2. The lowest BCUT2D eigenvalue weighted by atomic mass is 9.91. The van der Waals surface area contributed by atoms with Crippen LogP contribution in [-0.4, -0.2) is 23.0 Å². The van der Waals surface area contributed by atoms with E-state index in [2.05, 4.69) is 54.4 Å². The zero-order valence-electron chi connectivity index (χ0n) is 17.6. The average molecular weight is 402 g/mol. The van der Waals surface area contributed by atoms with E-state index >= 15 is 0 Å². The predicted octanol–water partition coefficient (Wildman–Crippen LogP) is 5.46. The molecular formula is C25H27N3O2. The van der Waals surface area contributed by atoms with E-state index in [0.717, 1.165) is 33.5 Å². The van der Waals surface area contributed by atoms with Gasteiger partial charge >= 0.3 is 5.97 Å². The lowest BCUT2D eigenvalue weighted by Crippen LogP contribution is -2.05. The fourth-order valence-corrected chi connectivity index (χ4v) is 3.53. The molecule has 3 rings (SSSR count). The van der Waals surface area contributed by atoms with E-state index in [1.807, 2.05) is 25.3 Å². The lowest BCUT2D eigenvalue weighted by Gasteiger charge is -2.13. The summed E-state index contributed by atoms with van der Waals surface area (Å²) in [7, 11) is 1.37. The summed E-state index contributed by atoms with van der Waals surface area (Å²) < 4.78 is 5.02. The Bertz CT molecular complexity index is 1120. The van der Waals surface area contributed by atoms with Gasteiger partial charge in [-0.05, 0) is 24.5 Å². The summed E-state index contributed by atoms with van der Waals surface area (Å²) in [6.07, 6.45) is 17.3. The number of aromatic nitrogens is 2. The van der Waals surface area contributed by atoms with E-state index in [4.69, 9.17) is 10.5 Å². The summed E-state index contributed by atoms with van der Waals surface area (Å²) in [4.78, 5) is 18.9. The summed E-state index contributed by atoms with van der Waals surface area (Å²) in [5.74, 6) is -0.134. The van der Waals surface area contributed by atoms with Crippen LogP contribution in [0.25, 0.3) is 28.9 Å². The molecule has 1 aliphatic rings. The third-order valence-electron chi connectivity index (χ3n) is 5.18. The standard InChI is InChI=1S/C25H27N3O2/c1-6-8-17(21(26)7-2)16(4)19-13-28-24(25(29)30-5)23(19)20-14-27-22-12-10-15(3)9-11-18(20)22/h6-15,27-28H,1,4,26H2,2-3,5H3/b17-8-,21-7+. The highest BCUT2D eigenvalue weighted by Crippen LogP contribution is 2.40. The van der Waals surface area contributed by atoms with Crippen LogP contribution in [0.2, 0.25) is 0 Å². The van der Waals surface area contributed by atoms with E-state index in [1.54, 1.807) is 12.3 Å². The van der Waals surface area contributed by atoms with Crippen LogP contribution in [0.5, 0.6) is 0 Å². The number of esters is 1. The van der Waals surface area contributed by atoms with E-state index in [1.165, 1.54) is 7.11 Å². The van der Waals surface area contributed by atoms with Gasteiger partial charge in [-0.1, -0.05) is 56.5 Å². The number of aromatic amines is 2. The second kappa shape index (κ2) is 8.74. The Morgan fingerprint density at radius 1 is 1.23 bits per heavy atom. The van der Waals surface area contributed by atoms with Crippen LogP contribution in [0.4, 0.5) is 0 Å². The lowest BCUT2D eigenvalue weighted by molar-refractivity contribution is 0.0595. The van der Waals surface area contributed by atoms with Gasteiger partial charge in [-0.25, -0.2) is 4.79 Å². The van der Waals surface area contributed by atoms with E-state index in [-0.39, 0.29) is 0 Å². The monoisotopic (exact) mass is 401 g/mol. The number of hydrogen-bond donors (Lipinski definition) is 3. The van der Waals surface area contributed by atoms with Crippen molar-refractivity contribution in [2.45, 2.75) is 13.8 Å². The van der Waals surface area contributed by atoms with Crippen molar-refractivity contribution in [1.29, 1.82) is 0 Å². The molecule has 1 unspecified atom stereocenters. The molecule has 2 aromatic rings. The zero-order chi connectivity index (χ0) is 21.8. The maximum atomic E-state index is 12.5. The number of rotatable bonds is 6. The Kier molecular flexibility index (Phi) is 6.11. The molecule has 0 radical (unpaired) electrons. The third-order valence-corrected chi connectivity index (χ3v) is 5.18. The van der Waals surface area contributed by atoms with Gasteiger partial charge in [0.15, 0.2) is 0 Å². The minimum absolute atomic E-state index is 0.316. The Balaban J connectivity index is 2.26. The summed E-state index contributed by atoms with van der Waals surface area (Å²) in [6, 6.07) is 0. The molecule has 5 nitrogen and oxygen atoms in total. The molecule has 0 spiro atoms. The number of methoxy groups -OCH3 is 1. The normalized spacial score (nSPS) is 16.2. The summed E-state index contributed by atoms with van der Waals surface area (Å²) in [5, 5.41) is 0. The van der Waals surface area contributed by atoms with Crippen molar-refractivity contribution in [3.05, 3.63) is 89.7 Å². The molecule has 5 heteroatoms. The van der Waals surface area contributed by atoms with Gasteiger partial charge < -0.3 is 20.4 Å². The topological polar surface area (TPSA) is 83.9 Å². The van der Waals surface area contributed by atoms with Crippen molar-refractivity contribution in [2.75, 3.05) is 7.11 Å². The van der Waals surface area contributed by atoms with E-state index in [0.29, 0.717) is 22.9 Å². The maximum absolute atomic E-state index is 12.5. The molecule has 0 aliphatic heterocycles. The van der Waals surface area contributed by atoms with Crippen LogP contribution in [-0.2, 0) is 4.74 Å². The van der Waals surface area contributed by atoms with Crippen LogP contribution in [0.1, 0.15) is 41.2 Å². The zero-order valence-corrected chi connectivity index (χ0v) is 17.6. The van der Waals surface area contributed by atoms with Gasteiger partial charge in [-0.15, -0.1) is 0 Å². The maximum Gasteiger partial charge on any atom is 0.355 e. The molecule has 154 valence electrons. The van der Waals surface area contributed by atoms with Gasteiger partial charge in [0.25, 0.3) is 0 Å². The molecule has 2 aromatic heterocycles. The minimum Gasteiger partial charge on any atom is -0.464 e. The van der Waals surface area contributed by atoms with Gasteiger partial charge in [0.1, 0.15) is 5.69 Å². The third kappa shape index (κ3) is 3.74. The summed E-state index contributed by atoms with van der Waals surface area (Å²) >= 11 is 0. The fourth-order valence-electron chi connectivity index (χ4n) is 3.53. The van der Waals surface area contributed by atoms with E-state index < -0.39 is 5.97 Å². The van der Waals surface area contributed by atoms with Crippen LogP contribution in [0, 0.1) is 5.92 Å². The second-order valence-electron chi connectivity index (χ2n) is 7.09. The first kappa shape index (κ1) is 21.0. The Labute approximate surface area is 177 Å². The van der Waals surface area contributed by atoms with Crippen molar-refractivity contribution in [3.8, 4) is 11.1 Å². The first-order valence-electron chi connectivity index (χ1n) is 9.75. The minimum atomic E-state index is -0.450. The summed E-state index contributed by atoms with van der Waals surface area (Å²) in [5.41, 5.74) is 12.9. The Morgan fingerprint density at radius 2 is 1.97 bits per heavy atom. The second-order valence-corrected chi connectivity index (χ2v) is 7.09. The molecule has 0 saturated carbocycles. The van der Waals surface area contributed by atoms with Crippen LogP contribution in [0.3, 0.4) is 0 Å². The predicted molar refractivity (Wildman–Crippen MR) is 124 cm³/mol. The number of hydrogen-bond acceptors (Lipinski definition) is 3. The van der Waals surface area contributed by atoms with E-state index in [9.17, 15) is 4.79 Å².